The van der Waals surface area contributed by atoms with Gasteiger partial charge in [0.2, 0.25) is 5.91 Å². The van der Waals surface area contributed by atoms with Crippen LogP contribution in [0.3, 0.4) is 0 Å². The highest BCUT2D eigenvalue weighted by Crippen LogP contribution is 2.14. The maximum absolute atomic E-state index is 12.6. The van der Waals surface area contributed by atoms with Crippen molar-refractivity contribution in [1.29, 1.82) is 0 Å². The Labute approximate surface area is 172 Å². The monoisotopic (exact) mass is 403 g/mol. The molecule has 0 unspecified atom stereocenters. The van der Waals surface area contributed by atoms with Gasteiger partial charge in [0, 0.05) is 56.6 Å². The quantitative estimate of drug-likeness (QED) is 0.691. The van der Waals surface area contributed by atoms with Gasteiger partial charge in [0.25, 0.3) is 5.91 Å². The fourth-order valence-electron chi connectivity index (χ4n) is 3.83. The lowest BCUT2D eigenvalue weighted by Crippen LogP contribution is -2.52. The van der Waals surface area contributed by atoms with Crippen molar-refractivity contribution in [2.24, 2.45) is 0 Å². The molecule has 2 saturated heterocycles. The van der Waals surface area contributed by atoms with E-state index in [1.807, 2.05) is 25.7 Å². The number of hydrogen-bond donors (Lipinski definition) is 2. The van der Waals surface area contributed by atoms with Crippen LogP contribution < -0.4 is 5.32 Å². The van der Waals surface area contributed by atoms with Gasteiger partial charge in [0.05, 0.1) is 13.1 Å². The van der Waals surface area contributed by atoms with Crippen molar-refractivity contribution < 1.29 is 14.4 Å². The summed E-state index contributed by atoms with van der Waals surface area (Å²) in [5, 5.41) is 2.98. The molecule has 3 heterocycles. The zero-order valence-electron chi connectivity index (χ0n) is 17.8. The largest absolute Gasteiger partial charge is 0.356 e. The molecule has 1 aromatic heterocycles. The molecule has 0 aliphatic carbocycles. The van der Waals surface area contributed by atoms with Crippen molar-refractivity contribution in [2.45, 2.75) is 39.2 Å². The molecular weight excluding hydrogens is 370 g/mol. The minimum absolute atomic E-state index is 0.0145. The highest BCUT2D eigenvalue weighted by molar-refractivity contribution is 6.01. The standard InChI is InChI=1S/C21H33N5O3/c1-21(2,3)23-19(28)15-25-10-8-24(9-11-25)14-18(27)16-12-17(22-13-16)20(29)26-6-4-5-7-26/h12-13,22H,4-11,14-15H2,1-3H3,(H,23,28). The molecule has 0 saturated carbocycles. The molecule has 0 atom stereocenters. The molecule has 0 spiro atoms. The second kappa shape index (κ2) is 9.09. The Balaban J connectivity index is 1.44. The Kier molecular flexibility index (Phi) is 6.74. The maximum Gasteiger partial charge on any atom is 0.270 e. The van der Waals surface area contributed by atoms with Crippen LogP contribution in [0.4, 0.5) is 0 Å². The van der Waals surface area contributed by atoms with Crippen LogP contribution in [-0.4, -0.2) is 95.2 Å². The Morgan fingerprint density at radius 2 is 1.55 bits per heavy atom. The van der Waals surface area contributed by atoms with E-state index in [1.165, 1.54) is 0 Å². The average Bonchev–Trinajstić information content (AvgIpc) is 3.33. The molecule has 2 N–H and O–H groups in total. The van der Waals surface area contributed by atoms with Crippen LogP contribution in [0.2, 0.25) is 0 Å². The van der Waals surface area contributed by atoms with E-state index in [0.29, 0.717) is 24.3 Å². The number of aromatic amines is 1. The summed E-state index contributed by atoms with van der Waals surface area (Å²) in [4.78, 5) is 46.1. The molecule has 29 heavy (non-hydrogen) atoms. The first-order chi connectivity index (χ1) is 13.7. The second-order valence-corrected chi connectivity index (χ2v) is 9.07. The van der Waals surface area contributed by atoms with E-state index in [9.17, 15) is 14.4 Å². The first kappa shape index (κ1) is 21.5. The summed E-state index contributed by atoms with van der Waals surface area (Å²) in [6.07, 6.45) is 3.73. The number of hydrogen-bond acceptors (Lipinski definition) is 5. The third-order valence-electron chi connectivity index (χ3n) is 5.34. The number of aromatic nitrogens is 1. The topological polar surface area (TPSA) is 88.7 Å². The van der Waals surface area contributed by atoms with Crippen LogP contribution >= 0.6 is 0 Å². The van der Waals surface area contributed by atoms with Crippen molar-refractivity contribution >= 4 is 17.6 Å². The van der Waals surface area contributed by atoms with Gasteiger partial charge >= 0.3 is 0 Å². The molecule has 1 aromatic rings. The Morgan fingerprint density at radius 3 is 2.14 bits per heavy atom. The van der Waals surface area contributed by atoms with E-state index >= 15 is 0 Å². The van der Waals surface area contributed by atoms with Gasteiger partial charge in [-0.25, -0.2) is 0 Å². The number of nitrogens with zero attached hydrogens (tertiary/aromatic N) is 3. The third-order valence-corrected chi connectivity index (χ3v) is 5.34. The van der Waals surface area contributed by atoms with Gasteiger partial charge in [-0.1, -0.05) is 0 Å². The van der Waals surface area contributed by atoms with Gasteiger partial charge < -0.3 is 15.2 Å². The molecule has 8 heteroatoms. The Morgan fingerprint density at radius 1 is 0.966 bits per heavy atom. The second-order valence-electron chi connectivity index (χ2n) is 9.07. The SMILES string of the molecule is CC(C)(C)NC(=O)CN1CCN(CC(=O)c2c[nH]c(C(=O)N3CCCC3)c2)CC1. The maximum atomic E-state index is 12.6. The molecule has 0 radical (unpaired) electrons. The molecule has 2 amide bonds. The first-order valence-electron chi connectivity index (χ1n) is 10.5. The summed E-state index contributed by atoms with van der Waals surface area (Å²) in [6.45, 7) is 11.2. The molecule has 0 bridgehead atoms. The fraction of sp³-hybridized carbons (Fsp3) is 0.667. The van der Waals surface area contributed by atoms with E-state index in [-0.39, 0.29) is 23.1 Å². The number of likely N-dealkylation sites (tertiary alicyclic amines) is 1. The highest BCUT2D eigenvalue weighted by Gasteiger charge is 2.24. The average molecular weight is 404 g/mol. The van der Waals surface area contributed by atoms with E-state index in [4.69, 9.17) is 0 Å². The minimum Gasteiger partial charge on any atom is -0.356 e. The van der Waals surface area contributed by atoms with Crippen molar-refractivity contribution in [1.82, 2.24) is 25.0 Å². The van der Waals surface area contributed by atoms with Crippen LogP contribution in [-0.2, 0) is 4.79 Å². The predicted molar refractivity (Wildman–Crippen MR) is 111 cm³/mol. The predicted octanol–water partition coefficient (Wildman–Crippen LogP) is 0.966. The zero-order valence-corrected chi connectivity index (χ0v) is 17.8. The lowest BCUT2D eigenvalue weighted by molar-refractivity contribution is -0.124. The highest BCUT2D eigenvalue weighted by atomic mass is 16.2. The van der Waals surface area contributed by atoms with Crippen molar-refractivity contribution in [3.8, 4) is 0 Å². The van der Waals surface area contributed by atoms with Crippen LogP contribution in [0.25, 0.3) is 0 Å². The third kappa shape index (κ3) is 6.14. The van der Waals surface area contributed by atoms with E-state index in [2.05, 4.69) is 20.1 Å². The number of Topliss-reactive ketones (excluding diaryl/α,β-unsaturated/α-hetero) is 1. The summed E-state index contributed by atoms with van der Waals surface area (Å²) in [7, 11) is 0. The minimum atomic E-state index is -0.225. The van der Waals surface area contributed by atoms with E-state index < -0.39 is 0 Å². The number of carbonyl (C=O) groups is 3. The van der Waals surface area contributed by atoms with Crippen molar-refractivity contribution in [3.05, 3.63) is 23.5 Å². The number of rotatable bonds is 6. The van der Waals surface area contributed by atoms with Gasteiger partial charge in [0.15, 0.2) is 5.78 Å². The summed E-state index contributed by atoms with van der Waals surface area (Å²) in [5.74, 6) is 0.0221. The van der Waals surface area contributed by atoms with E-state index in [1.54, 1.807) is 12.3 Å². The molecule has 0 aromatic carbocycles. The first-order valence-corrected chi connectivity index (χ1v) is 10.5. The van der Waals surface area contributed by atoms with Gasteiger partial charge in [-0.15, -0.1) is 0 Å². The Bertz CT molecular complexity index is 738. The molecule has 8 nitrogen and oxygen atoms in total. The number of amides is 2. The van der Waals surface area contributed by atoms with E-state index in [0.717, 1.165) is 52.1 Å². The summed E-state index contributed by atoms with van der Waals surface area (Å²) in [5.41, 5.74) is 0.820. The number of ketones is 1. The van der Waals surface area contributed by atoms with Crippen LogP contribution in [0.1, 0.15) is 54.5 Å². The number of carbonyl (C=O) groups excluding carboxylic acids is 3. The van der Waals surface area contributed by atoms with Crippen LogP contribution in [0, 0.1) is 0 Å². The van der Waals surface area contributed by atoms with Gasteiger partial charge in [-0.3, -0.25) is 24.2 Å². The van der Waals surface area contributed by atoms with Gasteiger partial charge in [0.1, 0.15) is 5.69 Å². The molecule has 2 fully saturated rings. The normalized spacial score (nSPS) is 18.8. The Hall–Kier alpha value is -2.19. The zero-order chi connectivity index (χ0) is 21.0. The molecule has 3 rings (SSSR count). The molecule has 160 valence electrons. The smallest absolute Gasteiger partial charge is 0.270 e. The van der Waals surface area contributed by atoms with Crippen molar-refractivity contribution in [3.63, 3.8) is 0 Å². The van der Waals surface area contributed by atoms with Crippen molar-refractivity contribution in [2.75, 3.05) is 52.4 Å². The summed E-state index contributed by atoms with van der Waals surface area (Å²) < 4.78 is 0. The number of nitrogens with one attached hydrogen (secondary N) is 2. The molecule has 2 aliphatic rings. The lowest BCUT2D eigenvalue weighted by atomic mass is 10.1. The van der Waals surface area contributed by atoms with Gasteiger partial charge in [-0.2, -0.15) is 0 Å². The van der Waals surface area contributed by atoms with Crippen LogP contribution in [0.5, 0.6) is 0 Å². The molecule has 2 aliphatic heterocycles. The summed E-state index contributed by atoms with van der Waals surface area (Å²) >= 11 is 0. The fourth-order valence-corrected chi connectivity index (χ4v) is 3.83. The molecular formula is C21H33N5O3. The lowest BCUT2D eigenvalue weighted by Gasteiger charge is -2.34. The van der Waals surface area contributed by atoms with Gasteiger partial charge in [-0.05, 0) is 39.7 Å². The number of piperazine rings is 1. The number of H-pyrrole nitrogens is 1. The van der Waals surface area contributed by atoms with Crippen LogP contribution in [0.15, 0.2) is 12.3 Å². The summed E-state index contributed by atoms with van der Waals surface area (Å²) in [6, 6.07) is 1.68.